The molecule has 18 heavy (non-hydrogen) atoms. The molecule has 2 rings (SSSR count). The maximum Gasteiger partial charge on any atom is 0.0703 e. The van der Waals surface area contributed by atoms with Gasteiger partial charge in [0.05, 0.1) is 11.2 Å². The van der Waals surface area contributed by atoms with Gasteiger partial charge in [0.25, 0.3) is 0 Å². The van der Waals surface area contributed by atoms with Gasteiger partial charge in [-0.25, -0.2) is 4.99 Å². The molecule has 4 atom stereocenters. The third kappa shape index (κ3) is 2.33. The summed E-state index contributed by atoms with van der Waals surface area (Å²) in [6.07, 6.45) is 6.40. The molecular weight excluding hydrogens is 238 g/mol. The Bertz CT molecular complexity index is 381. The van der Waals surface area contributed by atoms with E-state index in [2.05, 4.69) is 37.5 Å². The summed E-state index contributed by atoms with van der Waals surface area (Å²) in [6, 6.07) is 0.328. The zero-order valence-corrected chi connectivity index (χ0v) is 12.7. The fourth-order valence-electron chi connectivity index (χ4n) is 4.33. The highest BCUT2D eigenvalue weighted by atomic mass is 32.1. The fraction of sp³-hybridized carbons (Fsp3) is 0.812. The van der Waals surface area contributed by atoms with Crippen molar-refractivity contribution in [3.05, 3.63) is 12.2 Å². The summed E-state index contributed by atoms with van der Waals surface area (Å²) in [5, 5.41) is 2.66. The van der Waals surface area contributed by atoms with E-state index >= 15 is 0 Å². The van der Waals surface area contributed by atoms with Crippen LogP contribution in [0.3, 0.4) is 0 Å². The topological polar surface area (TPSA) is 12.4 Å². The van der Waals surface area contributed by atoms with Crippen LogP contribution in [0, 0.1) is 23.2 Å². The van der Waals surface area contributed by atoms with Crippen LogP contribution in [0.4, 0.5) is 0 Å². The quantitative estimate of drug-likeness (QED) is 0.393. The lowest BCUT2D eigenvalue weighted by Crippen LogP contribution is -2.48. The predicted octanol–water partition coefficient (Wildman–Crippen LogP) is 4.89. The Labute approximate surface area is 117 Å². The summed E-state index contributed by atoms with van der Waals surface area (Å²) < 4.78 is 0. The lowest BCUT2D eigenvalue weighted by molar-refractivity contribution is 0.0384. The Kier molecular flexibility index (Phi) is 4.08. The maximum absolute atomic E-state index is 4.89. The van der Waals surface area contributed by atoms with E-state index < -0.39 is 0 Å². The van der Waals surface area contributed by atoms with Crippen molar-refractivity contribution < 1.29 is 0 Å². The van der Waals surface area contributed by atoms with Gasteiger partial charge in [0.15, 0.2) is 0 Å². The number of nitrogens with zero attached hydrogens (tertiary/aromatic N) is 1. The third-order valence-electron chi connectivity index (χ3n) is 5.32. The summed E-state index contributed by atoms with van der Waals surface area (Å²) in [4.78, 5) is 4.57. The van der Waals surface area contributed by atoms with E-state index in [9.17, 15) is 0 Å². The van der Waals surface area contributed by atoms with Crippen molar-refractivity contribution >= 4 is 17.4 Å². The molecule has 0 aromatic carbocycles. The van der Waals surface area contributed by atoms with E-state index in [0.717, 1.165) is 0 Å². The van der Waals surface area contributed by atoms with Crippen LogP contribution in [0.1, 0.15) is 52.9 Å². The molecular formula is C16H25NS. The van der Waals surface area contributed by atoms with Crippen molar-refractivity contribution in [2.24, 2.45) is 28.2 Å². The van der Waals surface area contributed by atoms with Crippen LogP contribution >= 0.6 is 12.2 Å². The molecule has 0 N–H and O–H groups in total. The summed E-state index contributed by atoms with van der Waals surface area (Å²) in [6.45, 7) is 11.4. The third-order valence-corrected chi connectivity index (χ3v) is 5.43. The molecule has 2 aliphatic carbocycles. The SMILES string of the molecule is C=C1CCC[C@@]2(C)CC[C@@H](C(C)C)[C@H](N=C=S)[C@@H]12. The minimum Gasteiger partial charge on any atom is -0.228 e. The molecule has 0 amide bonds. The van der Waals surface area contributed by atoms with Crippen molar-refractivity contribution in [3.63, 3.8) is 0 Å². The van der Waals surface area contributed by atoms with Crippen molar-refractivity contribution in [3.8, 4) is 0 Å². The first-order valence-electron chi connectivity index (χ1n) is 7.24. The van der Waals surface area contributed by atoms with Crippen LogP contribution < -0.4 is 0 Å². The minimum atomic E-state index is 0.328. The molecule has 2 aliphatic rings. The second kappa shape index (κ2) is 5.27. The standard InChI is InChI=1S/C16H25NS/c1-11(2)13-7-9-16(4)8-5-6-12(3)14(16)15(13)17-10-18/h11,13-15H,3,5-9H2,1-2,4H3/t13-,14+,15-,16-/m0/s1. The monoisotopic (exact) mass is 263 g/mol. The molecule has 0 spiro atoms. The first kappa shape index (κ1) is 14.0. The summed E-state index contributed by atoms with van der Waals surface area (Å²) in [7, 11) is 0. The fourth-order valence-corrected chi connectivity index (χ4v) is 4.45. The van der Waals surface area contributed by atoms with Crippen molar-refractivity contribution in [1.29, 1.82) is 0 Å². The Morgan fingerprint density at radius 2 is 2.17 bits per heavy atom. The highest BCUT2D eigenvalue weighted by Crippen LogP contribution is 2.55. The first-order valence-corrected chi connectivity index (χ1v) is 7.65. The van der Waals surface area contributed by atoms with Gasteiger partial charge in [0.1, 0.15) is 0 Å². The van der Waals surface area contributed by atoms with Crippen molar-refractivity contribution in [2.45, 2.75) is 58.9 Å². The highest BCUT2D eigenvalue weighted by molar-refractivity contribution is 7.78. The molecule has 1 nitrogen and oxygen atoms in total. The van der Waals surface area contributed by atoms with Gasteiger partial charge in [-0.3, -0.25) is 0 Å². The summed E-state index contributed by atoms with van der Waals surface area (Å²) in [5.41, 5.74) is 1.81. The largest absolute Gasteiger partial charge is 0.228 e. The van der Waals surface area contributed by atoms with Crippen LogP contribution in [-0.2, 0) is 0 Å². The number of hydrogen-bond acceptors (Lipinski definition) is 2. The van der Waals surface area contributed by atoms with Gasteiger partial charge in [-0.15, -0.1) is 0 Å². The van der Waals surface area contributed by atoms with Crippen LogP contribution in [0.15, 0.2) is 17.1 Å². The lowest BCUT2D eigenvalue weighted by atomic mass is 9.54. The first-order chi connectivity index (χ1) is 8.49. The van der Waals surface area contributed by atoms with Crippen LogP contribution in [0.5, 0.6) is 0 Å². The van der Waals surface area contributed by atoms with E-state index in [0.29, 0.717) is 29.2 Å². The summed E-state index contributed by atoms with van der Waals surface area (Å²) >= 11 is 4.89. The average molecular weight is 263 g/mol. The Morgan fingerprint density at radius 1 is 1.44 bits per heavy atom. The molecule has 0 heterocycles. The predicted molar refractivity (Wildman–Crippen MR) is 81.0 cm³/mol. The van der Waals surface area contributed by atoms with Gasteiger partial charge in [-0.05, 0) is 61.6 Å². The number of hydrogen-bond donors (Lipinski definition) is 0. The molecule has 0 saturated heterocycles. The average Bonchev–Trinajstić information content (AvgIpc) is 2.28. The molecule has 0 aliphatic heterocycles. The molecule has 2 heteroatoms. The minimum absolute atomic E-state index is 0.328. The van der Waals surface area contributed by atoms with Gasteiger partial charge in [-0.2, -0.15) is 0 Å². The number of fused-ring (bicyclic) bond motifs is 1. The lowest BCUT2D eigenvalue weighted by Gasteiger charge is -2.52. The Hall–Kier alpha value is -0.460. The number of aliphatic imine (C=N–C) groups is 1. The maximum atomic E-state index is 4.89. The zero-order valence-electron chi connectivity index (χ0n) is 11.9. The van der Waals surface area contributed by atoms with E-state index in [1.807, 2.05) is 0 Å². The van der Waals surface area contributed by atoms with Gasteiger partial charge in [-0.1, -0.05) is 32.9 Å². The highest BCUT2D eigenvalue weighted by Gasteiger charge is 2.49. The van der Waals surface area contributed by atoms with Crippen LogP contribution in [0.25, 0.3) is 0 Å². The molecule has 0 bridgehead atoms. The van der Waals surface area contributed by atoms with Gasteiger partial charge >= 0.3 is 0 Å². The Balaban J connectivity index is 2.36. The second-order valence-electron chi connectivity index (χ2n) is 6.80. The molecule has 0 aromatic rings. The normalized spacial score (nSPS) is 40.2. The second-order valence-corrected chi connectivity index (χ2v) is 6.98. The summed E-state index contributed by atoms with van der Waals surface area (Å²) in [5.74, 6) is 1.85. The number of rotatable bonds is 2. The molecule has 100 valence electrons. The number of thiocarbonyl (C=S) groups is 1. The van der Waals surface area contributed by atoms with Gasteiger partial charge < -0.3 is 0 Å². The van der Waals surface area contributed by atoms with E-state index in [1.165, 1.54) is 37.7 Å². The smallest absolute Gasteiger partial charge is 0.0703 e. The van der Waals surface area contributed by atoms with Crippen LogP contribution in [0.2, 0.25) is 0 Å². The molecule has 0 radical (unpaired) electrons. The van der Waals surface area contributed by atoms with Crippen molar-refractivity contribution in [2.75, 3.05) is 0 Å². The van der Waals surface area contributed by atoms with E-state index in [1.54, 1.807) is 0 Å². The molecule has 2 saturated carbocycles. The zero-order chi connectivity index (χ0) is 13.3. The number of isothiocyanates is 1. The van der Waals surface area contributed by atoms with E-state index in [4.69, 9.17) is 12.2 Å². The molecule has 0 unspecified atom stereocenters. The Morgan fingerprint density at radius 3 is 2.78 bits per heavy atom. The van der Waals surface area contributed by atoms with Gasteiger partial charge in [0, 0.05) is 5.92 Å². The molecule has 2 fully saturated rings. The van der Waals surface area contributed by atoms with Gasteiger partial charge in [0.2, 0.25) is 0 Å². The van der Waals surface area contributed by atoms with E-state index in [-0.39, 0.29) is 0 Å². The molecule has 0 aromatic heterocycles. The van der Waals surface area contributed by atoms with Crippen molar-refractivity contribution in [1.82, 2.24) is 0 Å². The van der Waals surface area contributed by atoms with Crippen LogP contribution in [-0.4, -0.2) is 11.2 Å².